The maximum atomic E-state index is 11.9. The molecule has 1 aromatic rings. The van der Waals surface area contributed by atoms with Crippen LogP contribution in [0.5, 0.6) is 0 Å². The summed E-state index contributed by atoms with van der Waals surface area (Å²) >= 11 is 7.08. The largest absolute Gasteiger partial charge is 0.396 e. The van der Waals surface area contributed by atoms with E-state index >= 15 is 0 Å². The monoisotopic (exact) mass is 245 g/mol. The number of nitrogens with zero attached hydrogens (tertiary/aromatic N) is 1. The van der Waals surface area contributed by atoms with Crippen LogP contribution in [-0.2, 0) is 0 Å². The van der Waals surface area contributed by atoms with Crippen molar-refractivity contribution in [2.45, 2.75) is 6.42 Å². The van der Waals surface area contributed by atoms with Gasteiger partial charge in [0.1, 0.15) is 0 Å². The third-order valence-electron chi connectivity index (χ3n) is 2.62. The van der Waals surface area contributed by atoms with Crippen molar-refractivity contribution in [3.05, 3.63) is 21.3 Å². The Labute approximate surface area is 97.3 Å². The summed E-state index contributed by atoms with van der Waals surface area (Å²) in [6.45, 7) is 1.55. The number of carbonyl (C=O) groups excluding carboxylic acids is 1. The number of carbonyl (C=O) groups is 1. The van der Waals surface area contributed by atoms with E-state index in [4.69, 9.17) is 16.7 Å². The highest BCUT2D eigenvalue weighted by Crippen LogP contribution is 2.25. The van der Waals surface area contributed by atoms with Crippen LogP contribution in [0.15, 0.2) is 12.1 Å². The Kier molecular flexibility index (Phi) is 3.29. The smallest absolute Gasteiger partial charge is 0.263 e. The fourth-order valence-corrected chi connectivity index (χ4v) is 2.76. The van der Waals surface area contributed by atoms with Gasteiger partial charge < -0.3 is 10.0 Å². The second kappa shape index (κ2) is 4.51. The Balaban J connectivity index is 2.03. The zero-order chi connectivity index (χ0) is 10.8. The van der Waals surface area contributed by atoms with E-state index in [0.717, 1.165) is 13.0 Å². The van der Waals surface area contributed by atoms with E-state index in [0.29, 0.717) is 15.8 Å². The molecule has 0 aliphatic carbocycles. The van der Waals surface area contributed by atoms with Crippen molar-refractivity contribution in [3.63, 3.8) is 0 Å². The number of likely N-dealkylation sites (tertiary alicyclic amines) is 1. The third-order valence-corrected chi connectivity index (χ3v) is 3.83. The van der Waals surface area contributed by atoms with Crippen LogP contribution in [0.3, 0.4) is 0 Å². The molecule has 1 unspecified atom stereocenters. The standard InChI is InChI=1S/C10H12ClNO2S/c11-9-2-1-8(15-9)10(14)12-4-3-7(5-12)6-13/h1-2,7,13H,3-6H2. The van der Waals surface area contributed by atoms with Gasteiger partial charge in [-0.2, -0.15) is 0 Å². The lowest BCUT2D eigenvalue weighted by molar-refractivity contribution is 0.0786. The number of halogens is 1. The fraction of sp³-hybridized carbons (Fsp3) is 0.500. The normalized spacial score (nSPS) is 20.9. The molecule has 1 saturated heterocycles. The lowest BCUT2D eigenvalue weighted by Gasteiger charge is -2.14. The summed E-state index contributed by atoms with van der Waals surface area (Å²) in [6.07, 6.45) is 0.890. The number of aliphatic hydroxyl groups is 1. The molecule has 0 aromatic carbocycles. The quantitative estimate of drug-likeness (QED) is 0.864. The van der Waals surface area contributed by atoms with Crippen LogP contribution in [0, 0.1) is 5.92 Å². The second-order valence-electron chi connectivity index (χ2n) is 3.69. The van der Waals surface area contributed by atoms with Gasteiger partial charge in [-0.25, -0.2) is 0 Å². The summed E-state index contributed by atoms with van der Waals surface area (Å²) in [5, 5.41) is 8.98. The van der Waals surface area contributed by atoms with Crippen molar-refractivity contribution in [1.29, 1.82) is 0 Å². The average molecular weight is 246 g/mol. The fourth-order valence-electron chi connectivity index (χ4n) is 1.75. The van der Waals surface area contributed by atoms with E-state index in [1.54, 1.807) is 17.0 Å². The predicted octanol–water partition coefficient (Wildman–Crippen LogP) is 1.86. The van der Waals surface area contributed by atoms with Crippen molar-refractivity contribution in [2.75, 3.05) is 19.7 Å². The first-order valence-electron chi connectivity index (χ1n) is 4.86. The zero-order valence-electron chi connectivity index (χ0n) is 8.15. The summed E-state index contributed by atoms with van der Waals surface area (Å²) in [5.41, 5.74) is 0. The van der Waals surface area contributed by atoms with E-state index in [2.05, 4.69) is 0 Å². The van der Waals surface area contributed by atoms with E-state index < -0.39 is 0 Å². The number of thiophene rings is 1. The Morgan fingerprint density at radius 2 is 2.47 bits per heavy atom. The summed E-state index contributed by atoms with van der Waals surface area (Å²) in [4.78, 5) is 14.4. The van der Waals surface area contributed by atoms with Crippen LogP contribution in [-0.4, -0.2) is 35.6 Å². The predicted molar refractivity (Wildman–Crippen MR) is 60.4 cm³/mol. The summed E-state index contributed by atoms with van der Waals surface area (Å²) in [5.74, 6) is 0.271. The molecule has 1 fully saturated rings. The molecule has 1 atom stereocenters. The molecule has 0 spiro atoms. The molecule has 0 bridgehead atoms. The van der Waals surface area contributed by atoms with Crippen molar-refractivity contribution >= 4 is 28.8 Å². The molecule has 3 nitrogen and oxygen atoms in total. The van der Waals surface area contributed by atoms with Gasteiger partial charge in [0.2, 0.25) is 0 Å². The Hall–Kier alpha value is -0.580. The van der Waals surface area contributed by atoms with Crippen LogP contribution in [0.2, 0.25) is 4.34 Å². The van der Waals surface area contributed by atoms with Gasteiger partial charge in [-0.1, -0.05) is 11.6 Å². The lowest BCUT2D eigenvalue weighted by atomic mass is 10.1. The molecular weight excluding hydrogens is 234 g/mol. The number of rotatable bonds is 2. The molecule has 2 rings (SSSR count). The van der Waals surface area contributed by atoms with E-state index in [9.17, 15) is 4.79 Å². The summed E-state index contributed by atoms with van der Waals surface area (Å²) in [7, 11) is 0. The molecule has 15 heavy (non-hydrogen) atoms. The molecule has 1 aromatic heterocycles. The van der Waals surface area contributed by atoms with Gasteiger partial charge in [0, 0.05) is 25.6 Å². The Morgan fingerprint density at radius 3 is 3.00 bits per heavy atom. The first kappa shape index (κ1) is 10.9. The van der Waals surface area contributed by atoms with Gasteiger partial charge >= 0.3 is 0 Å². The van der Waals surface area contributed by atoms with Gasteiger partial charge in [0.05, 0.1) is 9.21 Å². The summed E-state index contributed by atoms with van der Waals surface area (Å²) in [6, 6.07) is 3.49. The van der Waals surface area contributed by atoms with Crippen molar-refractivity contribution in [1.82, 2.24) is 4.90 Å². The molecule has 0 saturated carbocycles. The Bertz CT molecular complexity index is 366. The van der Waals surface area contributed by atoms with Crippen molar-refractivity contribution in [2.24, 2.45) is 5.92 Å². The lowest BCUT2D eigenvalue weighted by Crippen LogP contribution is -2.28. The average Bonchev–Trinajstić information content (AvgIpc) is 2.84. The molecule has 1 amide bonds. The van der Waals surface area contributed by atoms with Crippen molar-refractivity contribution < 1.29 is 9.90 Å². The molecule has 5 heteroatoms. The molecule has 0 radical (unpaired) electrons. The van der Waals surface area contributed by atoms with Crippen LogP contribution in [0.1, 0.15) is 16.1 Å². The molecule has 1 aliphatic heterocycles. The SMILES string of the molecule is O=C(c1ccc(Cl)s1)N1CCC(CO)C1. The van der Waals surface area contributed by atoms with Crippen LogP contribution in [0.25, 0.3) is 0 Å². The Morgan fingerprint density at radius 1 is 1.67 bits per heavy atom. The van der Waals surface area contributed by atoms with E-state index in [1.807, 2.05) is 0 Å². The molecule has 2 heterocycles. The molecule has 1 aliphatic rings. The highest BCUT2D eigenvalue weighted by atomic mass is 35.5. The third kappa shape index (κ3) is 2.33. The molecular formula is C10H12ClNO2S. The maximum Gasteiger partial charge on any atom is 0.263 e. The van der Waals surface area contributed by atoms with Crippen LogP contribution in [0.4, 0.5) is 0 Å². The van der Waals surface area contributed by atoms with E-state index in [-0.39, 0.29) is 18.4 Å². The zero-order valence-corrected chi connectivity index (χ0v) is 9.72. The second-order valence-corrected chi connectivity index (χ2v) is 5.41. The highest BCUT2D eigenvalue weighted by Gasteiger charge is 2.26. The maximum absolute atomic E-state index is 11.9. The van der Waals surface area contributed by atoms with Crippen LogP contribution >= 0.6 is 22.9 Å². The number of hydrogen-bond acceptors (Lipinski definition) is 3. The molecule has 1 N–H and O–H groups in total. The minimum absolute atomic E-state index is 0.0304. The minimum atomic E-state index is 0.0304. The van der Waals surface area contributed by atoms with Crippen LogP contribution < -0.4 is 0 Å². The minimum Gasteiger partial charge on any atom is -0.396 e. The van der Waals surface area contributed by atoms with Gasteiger partial charge in [0.15, 0.2) is 0 Å². The number of hydrogen-bond donors (Lipinski definition) is 1. The number of aliphatic hydroxyl groups excluding tert-OH is 1. The first-order chi connectivity index (χ1) is 7.20. The molecule has 82 valence electrons. The first-order valence-corrected chi connectivity index (χ1v) is 6.05. The number of amides is 1. The summed E-state index contributed by atoms with van der Waals surface area (Å²) < 4.78 is 0.635. The van der Waals surface area contributed by atoms with Gasteiger partial charge in [-0.15, -0.1) is 11.3 Å². The van der Waals surface area contributed by atoms with Gasteiger partial charge in [0.25, 0.3) is 5.91 Å². The van der Waals surface area contributed by atoms with E-state index in [1.165, 1.54) is 11.3 Å². The van der Waals surface area contributed by atoms with Crippen molar-refractivity contribution in [3.8, 4) is 0 Å². The van der Waals surface area contributed by atoms with Gasteiger partial charge in [-0.3, -0.25) is 4.79 Å². The topological polar surface area (TPSA) is 40.5 Å². The van der Waals surface area contributed by atoms with Gasteiger partial charge in [-0.05, 0) is 18.6 Å². The highest BCUT2D eigenvalue weighted by molar-refractivity contribution is 7.17.